The Hall–Kier alpha value is -1.66. The zero-order chi connectivity index (χ0) is 15.4. The van der Waals surface area contributed by atoms with Crippen LogP contribution in [0.15, 0.2) is 40.2 Å². The van der Waals surface area contributed by atoms with E-state index in [0.29, 0.717) is 17.8 Å². The van der Waals surface area contributed by atoms with Crippen LogP contribution in [-0.2, 0) is 11.3 Å². The number of benzene rings is 1. The number of hydrogen-bond donors (Lipinski definition) is 1. The Morgan fingerprint density at radius 2 is 2.29 bits per heavy atom. The van der Waals surface area contributed by atoms with E-state index in [4.69, 9.17) is 5.11 Å². The fourth-order valence-electron chi connectivity index (χ4n) is 1.98. The second kappa shape index (κ2) is 6.87. The van der Waals surface area contributed by atoms with Gasteiger partial charge in [-0.15, -0.1) is 11.3 Å². The van der Waals surface area contributed by atoms with Gasteiger partial charge in [-0.25, -0.2) is 9.18 Å². The van der Waals surface area contributed by atoms with Crippen molar-refractivity contribution < 1.29 is 14.3 Å². The van der Waals surface area contributed by atoms with Gasteiger partial charge in [0.25, 0.3) is 0 Å². The normalized spacial score (nSPS) is 11.0. The number of carboxylic acids is 1. The first kappa shape index (κ1) is 15.7. The molecule has 110 valence electrons. The largest absolute Gasteiger partial charge is 0.478 e. The van der Waals surface area contributed by atoms with Gasteiger partial charge in [0.1, 0.15) is 5.82 Å². The number of thiophene rings is 1. The Morgan fingerprint density at radius 3 is 2.90 bits per heavy atom. The molecule has 0 atom stereocenters. The maximum atomic E-state index is 14.1. The van der Waals surface area contributed by atoms with Gasteiger partial charge in [-0.3, -0.25) is 0 Å². The van der Waals surface area contributed by atoms with Crippen LogP contribution in [0.2, 0.25) is 0 Å². The van der Waals surface area contributed by atoms with Crippen molar-refractivity contribution in [3.8, 4) is 0 Å². The summed E-state index contributed by atoms with van der Waals surface area (Å²) in [6, 6.07) is 6.61. The number of nitrogens with zero attached hydrogens (tertiary/aromatic N) is 1. The quantitative estimate of drug-likeness (QED) is 0.794. The minimum atomic E-state index is -1.06. The summed E-state index contributed by atoms with van der Waals surface area (Å²) in [6.07, 6.45) is 2.41. The number of carbonyl (C=O) groups is 1. The third-order valence-corrected chi connectivity index (χ3v) is 4.50. The molecule has 0 spiro atoms. The Labute approximate surface area is 134 Å². The monoisotopic (exact) mass is 369 g/mol. The van der Waals surface area contributed by atoms with E-state index < -0.39 is 5.97 Å². The van der Waals surface area contributed by atoms with Gasteiger partial charge < -0.3 is 10.0 Å². The Morgan fingerprint density at radius 1 is 1.52 bits per heavy atom. The van der Waals surface area contributed by atoms with Crippen LogP contribution in [0.1, 0.15) is 10.4 Å². The van der Waals surface area contributed by atoms with Crippen molar-refractivity contribution in [2.24, 2.45) is 0 Å². The number of halogens is 2. The van der Waals surface area contributed by atoms with Crippen molar-refractivity contribution in [3.63, 3.8) is 0 Å². The molecule has 0 unspecified atom stereocenters. The van der Waals surface area contributed by atoms with Crippen LogP contribution >= 0.6 is 27.3 Å². The van der Waals surface area contributed by atoms with E-state index in [1.54, 1.807) is 35.4 Å². The average Bonchev–Trinajstić information content (AvgIpc) is 2.81. The summed E-state index contributed by atoms with van der Waals surface area (Å²) in [5.74, 6) is -1.43. The van der Waals surface area contributed by atoms with E-state index in [2.05, 4.69) is 15.9 Å². The summed E-state index contributed by atoms with van der Waals surface area (Å²) in [5.41, 5.74) is 0.926. The Kier molecular flexibility index (Phi) is 5.14. The molecule has 0 fully saturated rings. The van der Waals surface area contributed by atoms with E-state index in [9.17, 15) is 9.18 Å². The van der Waals surface area contributed by atoms with E-state index in [1.165, 1.54) is 12.1 Å². The molecular weight excluding hydrogens is 357 g/mol. The first-order valence-corrected chi connectivity index (χ1v) is 7.78. The molecule has 2 rings (SSSR count). The second-order valence-electron chi connectivity index (χ2n) is 4.44. The summed E-state index contributed by atoms with van der Waals surface area (Å²) in [6.45, 7) is 0.547. The van der Waals surface area contributed by atoms with Crippen molar-refractivity contribution in [3.05, 3.63) is 56.5 Å². The van der Waals surface area contributed by atoms with Gasteiger partial charge in [0, 0.05) is 33.4 Å². The van der Waals surface area contributed by atoms with E-state index in [-0.39, 0.29) is 5.82 Å². The molecule has 2 aromatic rings. The van der Waals surface area contributed by atoms with Crippen molar-refractivity contribution in [2.75, 3.05) is 11.9 Å². The molecule has 1 aromatic carbocycles. The number of hydrogen-bond acceptors (Lipinski definition) is 3. The summed E-state index contributed by atoms with van der Waals surface area (Å²) >= 11 is 4.97. The number of aliphatic carboxylic acids is 1. The van der Waals surface area contributed by atoms with Gasteiger partial charge in [-0.2, -0.15) is 0 Å². The molecule has 21 heavy (non-hydrogen) atoms. The molecule has 0 aliphatic heterocycles. The van der Waals surface area contributed by atoms with Crippen LogP contribution in [0.5, 0.6) is 0 Å². The van der Waals surface area contributed by atoms with Crippen LogP contribution in [0, 0.1) is 5.82 Å². The molecule has 1 N–H and O–H groups in total. The maximum Gasteiger partial charge on any atom is 0.328 e. The third-order valence-electron chi connectivity index (χ3n) is 2.82. The van der Waals surface area contributed by atoms with E-state index in [1.807, 2.05) is 11.4 Å². The molecule has 0 radical (unpaired) electrons. The van der Waals surface area contributed by atoms with E-state index >= 15 is 0 Å². The van der Waals surface area contributed by atoms with Crippen molar-refractivity contribution in [1.29, 1.82) is 0 Å². The minimum absolute atomic E-state index is 0.374. The highest BCUT2D eigenvalue weighted by atomic mass is 79.9. The molecule has 0 aliphatic carbocycles. The van der Waals surface area contributed by atoms with Crippen LogP contribution < -0.4 is 4.90 Å². The maximum absolute atomic E-state index is 14.1. The highest BCUT2D eigenvalue weighted by Gasteiger charge is 2.13. The molecule has 3 nitrogen and oxygen atoms in total. The lowest BCUT2D eigenvalue weighted by molar-refractivity contribution is -0.131. The summed E-state index contributed by atoms with van der Waals surface area (Å²) in [4.78, 5) is 13.5. The highest BCUT2D eigenvalue weighted by Crippen LogP contribution is 2.28. The van der Waals surface area contributed by atoms with Gasteiger partial charge in [0.05, 0.1) is 12.2 Å². The molecule has 1 aromatic heterocycles. The average molecular weight is 370 g/mol. The van der Waals surface area contributed by atoms with Crippen LogP contribution in [-0.4, -0.2) is 18.1 Å². The van der Waals surface area contributed by atoms with Crippen LogP contribution in [0.4, 0.5) is 10.1 Å². The van der Waals surface area contributed by atoms with Crippen LogP contribution in [0.25, 0.3) is 6.08 Å². The molecule has 1 heterocycles. The standard InChI is InChI=1S/C15H13BrFNO2S/c1-18(8-12-7-11(16)9-21-12)15-10(5-6-14(19)20)3-2-4-13(15)17/h2-7,9H,8H2,1H3,(H,19,20)/b6-5+. The molecule has 6 heteroatoms. The highest BCUT2D eigenvalue weighted by molar-refractivity contribution is 9.10. The fraction of sp³-hybridized carbons (Fsp3) is 0.133. The number of rotatable bonds is 5. The first-order valence-electron chi connectivity index (χ1n) is 6.11. The molecule has 0 saturated carbocycles. The predicted octanol–water partition coefficient (Wildman–Crippen LogP) is 4.38. The van der Waals surface area contributed by atoms with E-state index in [0.717, 1.165) is 15.4 Å². The minimum Gasteiger partial charge on any atom is -0.478 e. The van der Waals surface area contributed by atoms with Gasteiger partial charge >= 0.3 is 5.97 Å². The lowest BCUT2D eigenvalue weighted by atomic mass is 10.1. The Balaban J connectivity index is 2.30. The molecular formula is C15H13BrFNO2S. The summed E-state index contributed by atoms with van der Waals surface area (Å²) < 4.78 is 15.1. The molecule has 0 saturated heterocycles. The first-order chi connectivity index (χ1) is 9.97. The SMILES string of the molecule is CN(Cc1cc(Br)cs1)c1c(F)cccc1/C=C/C(=O)O. The summed E-state index contributed by atoms with van der Waals surface area (Å²) in [7, 11) is 1.78. The number of para-hydroxylation sites is 1. The Bertz CT molecular complexity index is 684. The third kappa shape index (κ3) is 4.15. The van der Waals surface area contributed by atoms with Crippen molar-refractivity contribution >= 4 is 45.0 Å². The number of anilines is 1. The smallest absolute Gasteiger partial charge is 0.328 e. The second-order valence-corrected chi connectivity index (χ2v) is 6.35. The lowest BCUT2D eigenvalue weighted by Gasteiger charge is -2.21. The molecule has 0 bridgehead atoms. The zero-order valence-corrected chi connectivity index (χ0v) is 13.6. The molecule has 0 aliphatic rings. The van der Waals surface area contributed by atoms with Gasteiger partial charge in [0.15, 0.2) is 0 Å². The van der Waals surface area contributed by atoms with Gasteiger partial charge in [-0.05, 0) is 34.1 Å². The molecule has 0 amide bonds. The zero-order valence-electron chi connectivity index (χ0n) is 11.2. The van der Waals surface area contributed by atoms with Gasteiger partial charge in [0.2, 0.25) is 0 Å². The predicted molar refractivity (Wildman–Crippen MR) is 87.2 cm³/mol. The van der Waals surface area contributed by atoms with Crippen molar-refractivity contribution in [1.82, 2.24) is 0 Å². The number of carboxylic acid groups (broad SMARTS) is 1. The lowest BCUT2D eigenvalue weighted by Crippen LogP contribution is -2.18. The van der Waals surface area contributed by atoms with Gasteiger partial charge in [-0.1, -0.05) is 12.1 Å². The van der Waals surface area contributed by atoms with Crippen molar-refractivity contribution in [2.45, 2.75) is 6.54 Å². The summed E-state index contributed by atoms with van der Waals surface area (Å²) in [5, 5.41) is 10.7. The fourth-order valence-corrected chi connectivity index (χ4v) is 3.48. The topological polar surface area (TPSA) is 40.5 Å². The van der Waals surface area contributed by atoms with Crippen LogP contribution in [0.3, 0.4) is 0 Å².